The minimum Gasteiger partial charge on any atom is -0.495 e. The van der Waals surface area contributed by atoms with E-state index in [1.54, 1.807) is 0 Å². The van der Waals surface area contributed by atoms with E-state index in [-0.39, 0.29) is 0 Å². The molecule has 0 N–H and O–H groups in total. The summed E-state index contributed by atoms with van der Waals surface area (Å²) in [5, 5.41) is 0. The Hall–Kier alpha value is -0.460. The van der Waals surface area contributed by atoms with E-state index in [9.17, 15) is 0 Å². The van der Waals surface area contributed by atoms with Crippen LogP contribution < -0.4 is 0 Å². The maximum Gasteiger partial charge on any atom is 0.107 e. The lowest BCUT2D eigenvalue weighted by atomic mass is 10.0. The van der Waals surface area contributed by atoms with Gasteiger partial charge in [0.1, 0.15) is 6.10 Å². The first kappa shape index (κ1) is 6.26. The molecule has 1 heterocycles. The zero-order valence-electron chi connectivity index (χ0n) is 6.63. The van der Waals surface area contributed by atoms with Gasteiger partial charge in [0.05, 0.1) is 5.76 Å². The molecular weight excluding hydrogens is 124 g/mol. The Bertz CT molecular complexity index is 168. The van der Waals surface area contributed by atoms with Crippen LogP contribution in [0, 0.1) is 11.8 Å². The molecule has 2 aliphatic rings. The first-order chi connectivity index (χ1) is 4.77. The molecule has 2 atom stereocenters. The van der Waals surface area contributed by atoms with Crippen molar-refractivity contribution < 1.29 is 4.74 Å². The van der Waals surface area contributed by atoms with Crippen molar-refractivity contribution in [2.24, 2.45) is 11.8 Å². The summed E-state index contributed by atoms with van der Waals surface area (Å²) in [5.74, 6) is 2.67. The SMILES string of the molecule is CC1=CC(C)C(C2CC2)O1. The summed E-state index contributed by atoms with van der Waals surface area (Å²) in [7, 11) is 0. The van der Waals surface area contributed by atoms with E-state index in [0.29, 0.717) is 12.0 Å². The molecule has 0 aromatic rings. The molecule has 0 aromatic carbocycles. The van der Waals surface area contributed by atoms with Crippen LogP contribution in [0.25, 0.3) is 0 Å². The summed E-state index contributed by atoms with van der Waals surface area (Å²) in [4.78, 5) is 0. The predicted molar refractivity (Wildman–Crippen MR) is 40.5 cm³/mol. The average Bonchev–Trinajstić information content (AvgIpc) is 2.61. The van der Waals surface area contributed by atoms with Gasteiger partial charge < -0.3 is 4.74 Å². The van der Waals surface area contributed by atoms with Gasteiger partial charge in [0.15, 0.2) is 0 Å². The maximum atomic E-state index is 5.66. The maximum absolute atomic E-state index is 5.66. The van der Waals surface area contributed by atoms with E-state index in [1.165, 1.54) is 12.8 Å². The van der Waals surface area contributed by atoms with E-state index < -0.39 is 0 Å². The molecule has 1 nitrogen and oxygen atoms in total. The minimum atomic E-state index is 0.528. The van der Waals surface area contributed by atoms with Crippen LogP contribution in [0.4, 0.5) is 0 Å². The highest BCUT2D eigenvalue weighted by molar-refractivity contribution is 5.06. The lowest BCUT2D eigenvalue weighted by molar-refractivity contribution is 0.0989. The fourth-order valence-corrected chi connectivity index (χ4v) is 1.78. The Morgan fingerprint density at radius 3 is 2.60 bits per heavy atom. The third-order valence-electron chi connectivity index (χ3n) is 2.42. The topological polar surface area (TPSA) is 9.23 Å². The first-order valence-electron chi connectivity index (χ1n) is 4.12. The highest BCUT2D eigenvalue weighted by Crippen LogP contribution is 2.41. The van der Waals surface area contributed by atoms with Crippen molar-refractivity contribution in [3.63, 3.8) is 0 Å². The molecule has 0 aromatic heterocycles. The smallest absolute Gasteiger partial charge is 0.107 e. The third-order valence-corrected chi connectivity index (χ3v) is 2.42. The normalized spacial score (nSPS) is 39.2. The van der Waals surface area contributed by atoms with Gasteiger partial charge in [-0.15, -0.1) is 0 Å². The largest absolute Gasteiger partial charge is 0.495 e. The molecule has 1 aliphatic carbocycles. The van der Waals surface area contributed by atoms with Gasteiger partial charge in [-0.2, -0.15) is 0 Å². The van der Waals surface area contributed by atoms with Gasteiger partial charge in [0.2, 0.25) is 0 Å². The Morgan fingerprint density at radius 2 is 2.20 bits per heavy atom. The molecule has 1 fully saturated rings. The summed E-state index contributed by atoms with van der Waals surface area (Å²) in [6.45, 7) is 4.30. The van der Waals surface area contributed by atoms with Crippen LogP contribution >= 0.6 is 0 Å². The van der Waals surface area contributed by atoms with Crippen LogP contribution in [-0.2, 0) is 4.74 Å². The average molecular weight is 138 g/mol. The third kappa shape index (κ3) is 0.938. The van der Waals surface area contributed by atoms with Crippen LogP contribution in [0.3, 0.4) is 0 Å². The lowest BCUT2D eigenvalue weighted by Crippen LogP contribution is -2.16. The Balaban J connectivity index is 2.01. The van der Waals surface area contributed by atoms with Crippen molar-refractivity contribution in [2.45, 2.75) is 32.8 Å². The highest BCUT2D eigenvalue weighted by Gasteiger charge is 2.38. The van der Waals surface area contributed by atoms with Crippen molar-refractivity contribution in [1.29, 1.82) is 0 Å². The first-order valence-corrected chi connectivity index (χ1v) is 4.12. The standard InChI is InChI=1S/C9H14O/c1-6-5-7(2)10-9(6)8-3-4-8/h5-6,8-9H,3-4H2,1-2H3. The van der Waals surface area contributed by atoms with Crippen LogP contribution in [0.15, 0.2) is 11.8 Å². The van der Waals surface area contributed by atoms with Gasteiger partial charge >= 0.3 is 0 Å². The second-order valence-electron chi connectivity index (χ2n) is 3.56. The molecule has 2 rings (SSSR count). The van der Waals surface area contributed by atoms with Crippen LogP contribution in [0.5, 0.6) is 0 Å². The molecule has 1 heteroatoms. The Labute approximate surface area is 62.1 Å². The van der Waals surface area contributed by atoms with Gasteiger partial charge in [-0.1, -0.05) is 6.92 Å². The second-order valence-corrected chi connectivity index (χ2v) is 3.56. The van der Waals surface area contributed by atoms with Gasteiger partial charge in [0, 0.05) is 5.92 Å². The molecular formula is C9H14O. The van der Waals surface area contributed by atoms with Crippen molar-refractivity contribution in [2.75, 3.05) is 0 Å². The number of rotatable bonds is 1. The van der Waals surface area contributed by atoms with Gasteiger partial charge in [0.25, 0.3) is 0 Å². The molecule has 1 saturated carbocycles. The molecule has 2 unspecified atom stereocenters. The van der Waals surface area contributed by atoms with Gasteiger partial charge in [-0.25, -0.2) is 0 Å². The molecule has 0 radical (unpaired) electrons. The van der Waals surface area contributed by atoms with Gasteiger partial charge in [-0.3, -0.25) is 0 Å². The summed E-state index contributed by atoms with van der Waals surface area (Å²) >= 11 is 0. The van der Waals surface area contributed by atoms with E-state index in [2.05, 4.69) is 19.9 Å². The quantitative estimate of drug-likeness (QED) is 0.540. The van der Waals surface area contributed by atoms with Crippen molar-refractivity contribution >= 4 is 0 Å². The zero-order chi connectivity index (χ0) is 7.14. The molecule has 0 spiro atoms. The molecule has 0 saturated heterocycles. The van der Waals surface area contributed by atoms with E-state index >= 15 is 0 Å². The predicted octanol–water partition coefficient (Wildman–Crippen LogP) is 2.34. The molecule has 0 bridgehead atoms. The lowest BCUT2D eigenvalue weighted by Gasteiger charge is -2.14. The Morgan fingerprint density at radius 1 is 1.50 bits per heavy atom. The molecule has 56 valence electrons. The summed E-state index contributed by atoms with van der Waals surface area (Å²) in [5.41, 5.74) is 0. The summed E-state index contributed by atoms with van der Waals surface area (Å²) in [6.07, 6.45) is 5.54. The second kappa shape index (κ2) is 2.01. The minimum absolute atomic E-state index is 0.528. The van der Waals surface area contributed by atoms with Crippen molar-refractivity contribution in [3.05, 3.63) is 11.8 Å². The molecule has 1 aliphatic heterocycles. The number of allylic oxidation sites excluding steroid dienone is 1. The number of ether oxygens (including phenoxy) is 1. The van der Waals surface area contributed by atoms with E-state index in [0.717, 1.165) is 11.7 Å². The fourth-order valence-electron chi connectivity index (χ4n) is 1.78. The van der Waals surface area contributed by atoms with E-state index in [4.69, 9.17) is 4.74 Å². The van der Waals surface area contributed by atoms with Crippen molar-refractivity contribution in [1.82, 2.24) is 0 Å². The van der Waals surface area contributed by atoms with Crippen LogP contribution in [-0.4, -0.2) is 6.10 Å². The monoisotopic (exact) mass is 138 g/mol. The number of hydrogen-bond acceptors (Lipinski definition) is 1. The molecule has 10 heavy (non-hydrogen) atoms. The Kier molecular flexibility index (Phi) is 1.26. The molecule has 0 amide bonds. The highest BCUT2D eigenvalue weighted by atomic mass is 16.5. The summed E-state index contributed by atoms with van der Waals surface area (Å²) in [6, 6.07) is 0. The van der Waals surface area contributed by atoms with Crippen LogP contribution in [0.1, 0.15) is 26.7 Å². The van der Waals surface area contributed by atoms with E-state index in [1.807, 2.05) is 0 Å². The fraction of sp³-hybridized carbons (Fsp3) is 0.778. The van der Waals surface area contributed by atoms with Crippen molar-refractivity contribution in [3.8, 4) is 0 Å². The summed E-state index contributed by atoms with van der Waals surface area (Å²) < 4.78 is 5.66. The zero-order valence-corrected chi connectivity index (χ0v) is 6.63. The number of hydrogen-bond donors (Lipinski definition) is 0. The van der Waals surface area contributed by atoms with Gasteiger partial charge in [-0.05, 0) is 31.8 Å². The van der Waals surface area contributed by atoms with Crippen LogP contribution in [0.2, 0.25) is 0 Å².